The first kappa shape index (κ1) is 54.4. The van der Waals surface area contributed by atoms with Crippen LogP contribution in [0.3, 0.4) is 0 Å². The number of nitro groups is 3. The number of rotatable bonds is 26. The smallest absolute Gasteiger partial charge is 0.328 e. The number of nitrogens with zero attached hydrogens (tertiary/aromatic N) is 5. The Morgan fingerprint density at radius 2 is 1.47 bits per heavy atom. The standard InChI is InChI=1S/C42H55N11O15/c1-22(2)15-30(38(43)57)27-8-7-26(34(16-27)52(64)65)12-14-68-42(61)37(23(3)4)49-41(60)32(17-28-20-50(21-45-28)33-10-9-29(51(62)63)18-35(33)53(66)67)48-40(59)31(11-13-54)47-39(58)24(5)46-36(56)19-44-25(6)55/h7-10,16,18,20-24,30-32,37,54H,11-15,17,19H2,1-6H3,(H2,43,57)(H,44,55)(H,46,56)(H,47,58)(H,48,59)(H,49,60)/t24-,30-,31-,32-,37-/m0/s1. The fraction of sp³-hybridized carbons (Fsp3) is 0.476. The number of aliphatic hydroxyl groups excluding tert-OH is 1. The van der Waals surface area contributed by atoms with Crippen LogP contribution >= 0.6 is 0 Å². The van der Waals surface area contributed by atoms with Crippen molar-refractivity contribution >= 4 is 58.5 Å². The number of carbonyl (C=O) groups excluding carboxylic acids is 7. The van der Waals surface area contributed by atoms with E-state index in [1.54, 1.807) is 13.8 Å². The summed E-state index contributed by atoms with van der Waals surface area (Å²) in [5.41, 5.74) is 4.46. The van der Waals surface area contributed by atoms with Crippen molar-refractivity contribution in [1.82, 2.24) is 36.1 Å². The molecule has 368 valence electrons. The van der Waals surface area contributed by atoms with E-state index >= 15 is 0 Å². The molecule has 6 amide bonds. The van der Waals surface area contributed by atoms with Gasteiger partial charge in [0.15, 0.2) is 0 Å². The minimum absolute atomic E-state index is 0.0268. The van der Waals surface area contributed by atoms with Crippen LogP contribution in [0.2, 0.25) is 0 Å². The van der Waals surface area contributed by atoms with Crippen molar-refractivity contribution in [2.75, 3.05) is 19.8 Å². The maximum absolute atomic E-state index is 14.1. The predicted molar refractivity (Wildman–Crippen MR) is 238 cm³/mol. The first-order valence-electron chi connectivity index (χ1n) is 21.2. The molecular formula is C42H55N11O15. The van der Waals surface area contributed by atoms with Crippen LogP contribution in [0.5, 0.6) is 0 Å². The zero-order valence-electron chi connectivity index (χ0n) is 38.1. The number of amides is 6. The molecule has 0 aliphatic rings. The number of carbonyl (C=O) groups is 7. The number of hydrogen-bond donors (Lipinski definition) is 7. The van der Waals surface area contributed by atoms with Crippen molar-refractivity contribution in [3.63, 3.8) is 0 Å². The fourth-order valence-electron chi connectivity index (χ4n) is 6.71. The lowest BCUT2D eigenvalue weighted by Crippen LogP contribution is -2.58. The molecule has 26 heteroatoms. The Hall–Kier alpha value is -7.90. The number of aromatic nitrogens is 2. The van der Waals surface area contributed by atoms with Gasteiger partial charge in [0.05, 0.1) is 51.9 Å². The van der Waals surface area contributed by atoms with Crippen LogP contribution in [0.15, 0.2) is 48.9 Å². The van der Waals surface area contributed by atoms with E-state index in [4.69, 9.17) is 10.5 Å². The van der Waals surface area contributed by atoms with Crippen LogP contribution in [-0.4, -0.2) is 115 Å². The topological polar surface area (TPSA) is 382 Å². The SMILES string of the molecule is CC(=O)NCC(=O)N[C@@H](C)C(=O)N[C@@H](CCO)C(=O)N[C@@H](Cc1cn(-c2ccc([N+](=O)[O-])cc2[N+](=O)[O-])cn1)C(=O)N[C@H](C(=O)OCCc1ccc([C@H](CC(C)C)C(N)=O)cc1[N+](=O)[O-])C(C)C. The second kappa shape index (κ2) is 25.1. The van der Waals surface area contributed by atoms with Crippen LogP contribution in [0.1, 0.15) is 77.1 Å². The molecule has 26 nitrogen and oxygen atoms in total. The molecule has 0 saturated carbocycles. The summed E-state index contributed by atoms with van der Waals surface area (Å²) in [7, 11) is 0. The minimum Gasteiger partial charge on any atom is -0.464 e. The highest BCUT2D eigenvalue weighted by molar-refractivity contribution is 5.95. The predicted octanol–water partition coefficient (Wildman–Crippen LogP) is 0.674. The number of esters is 1. The average molecular weight is 954 g/mol. The molecule has 5 atom stereocenters. The number of aliphatic hydroxyl groups is 1. The van der Waals surface area contributed by atoms with E-state index in [0.717, 1.165) is 29.1 Å². The molecular weight excluding hydrogens is 899 g/mol. The van der Waals surface area contributed by atoms with Crippen LogP contribution in [0, 0.1) is 42.2 Å². The van der Waals surface area contributed by atoms with E-state index in [2.05, 4.69) is 31.6 Å². The van der Waals surface area contributed by atoms with Crippen molar-refractivity contribution in [1.29, 1.82) is 0 Å². The summed E-state index contributed by atoms with van der Waals surface area (Å²) in [6.45, 7) is 7.87. The van der Waals surface area contributed by atoms with E-state index in [9.17, 15) is 69.0 Å². The van der Waals surface area contributed by atoms with Gasteiger partial charge in [-0.15, -0.1) is 0 Å². The van der Waals surface area contributed by atoms with Crippen LogP contribution in [0.4, 0.5) is 17.1 Å². The molecule has 0 bridgehead atoms. The van der Waals surface area contributed by atoms with Gasteiger partial charge in [0.2, 0.25) is 35.4 Å². The number of hydrogen-bond acceptors (Lipinski definition) is 16. The van der Waals surface area contributed by atoms with Crippen molar-refractivity contribution in [2.45, 2.75) is 97.3 Å². The maximum atomic E-state index is 14.1. The van der Waals surface area contributed by atoms with Gasteiger partial charge in [-0.3, -0.25) is 63.7 Å². The van der Waals surface area contributed by atoms with Gasteiger partial charge in [-0.05, 0) is 43.2 Å². The zero-order valence-corrected chi connectivity index (χ0v) is 38.1. The van der Waals surface area contributed by atoms with Crippen LogP contribution < -0.4 is 32.3 Å². The van der Waals surface area contributed by atoms with Crippen molar-refractivity contribution in [2.24, 2.45) is 17.6 Å². The van der Waals surface area contributed by atoms with Gasteiger partial charge in [0.1, 0.15) is 29.9 Å². The van der Waals surface area contributed by atoms with Crippen molar-refractivity contribution < 1.29 is 58.2 Å². The van der Waals surface area contributed by atoms with Gasteiger partial charge < -0.3 is 42.2 Å². The first-order chi connectivity index (χ1) is 31.9. The second-order valence-corrected chi connectivity index (χ2v) is 16.4. The van der Waals surface area contributed by atoms with E-state index < -0.39 is 123 Å². The lowest BCUT2D eigenvalue weighted by molar-refractivity contribution is -0.394. The molecule has 3 rings (SSSR count). The van der Waals surface area contributed by atoms with Gasteiger partial charge in [-0.25, -0.2) is 9.78 Å². The molecule has 0 fully saturated rings. The number of benzene rings is 2. The van der Waals surface area contributed by atoms with Crippen molar-refractivity contribution in [3.05, 3.63) is 96.1 Å². The summed E-state index contributed by atoms with van der Waals surface area (Å²) in [5, 5.41) is 57.0. The third-order valence-corrected chi connectivity index (χ3v) is 10.2. The lowest BCUT2D eigenvalue weighted by atomic mass is 9.88. The highest BCUT2D eigenvalue weighted by Crippen LogP contribution is 2.30. The maximum Gasteiger partial charge on any atom is 0.328 e. The Morgan fingerprint density at radius 1 is 0.824 bits per heavy atom. The normalized spacial score (nSPS) is 13.2. The van der Waals surface area contributed by atoms with Gasteiger partial charge in [0.25, 0.3) is 17.1 Å². The number of nitrogens with one attached hydrogen (secondary N) is 5. The number of imidazole rings is 1. The zero-order chi connectivity index (χ0) is 51.0. The third-order valence-electron chi connectivity index (χ3n) is 10.2. The molecule has 1 heterocycles. The fourth-order valence-corrected chi connectivity index (χ4v) is 6.71. The minimum atomic E-state index is -1.62. The molecule has 68 heavy (non-hydrogen) atoms. The van der Waals surface area contributed by atoms with Gasteiger partial charge >= 0.3 is 5.97 Å². The largest absolute Gasteiger partial charge is 0.464 e. The summed E-state index contributed by atoms with van der Waals surface area (Å²) in [6, 6.07) is 1.33. The third kappa shape index (κ3) is 15.9. The van der Waals surface area contributed by atoms with E-state index in [-0.39, 0.29) is 48.0 Å². The number of primary amides is 1. The monoisotopic (exact) mass is 953 g/mol. The van der Waals surface area contributed by atoms with E-state index in [0.29, 0.717) is 12.0 Å². The van der Waals surface area contributed by atoms with Crippen LogP contribution in [-0.2, 0) is 51.1 Å². The summed E-state index contributed by atoms with van der Waals surface area (Å²) in [6.07, 6.45) is 1.73. The lowest BCUT2D eigenvalue weighted by Gasteiger charge is -2.26. The Bertz CT molecular complexity index is 2390. The summed E-state index contributed by atoms with van der Waals surface area (Å²) in [4.78, 5) is 127. The Kier molecular flexibility index (Phi) is 20.1. The van der Waals surface area contributed by atoms with Gasteiger partial charge in [0, 0.05) is 50.3 Å². The molecule has 0 aliphatic heterocycles. The molecule has 0 radical (unpaired) electrons. The van der Waals surface area contributed by atoms with Crippen molar-refractivity contribution in [3.8, 4) is 5.69 Å². The molecule has 2 aromatic carbocycles. The highest BCUT2D eigenvalue weighted by atomic mass is 16.6. The number of non-ortho nitro benzene ring substituents is 1. The molecule has 3 aromatic rings. The second-order valence-electron chi connectivity index (χ2n) is 16.4. The molecule has 0 saturated heterocycles. The van der Waals surface area contributed by atoms with Gasteiger partial charge in [-0.1, -0.05) is 39.8 Å². The van der Waals surface area contributed by atoms with E-state index in [1.807, 2.05) is 13.8 Å². The molecule has 1 aromatic heterocycles. The number of nitrogens with two attached hydrogens (primary N) is 1. The molecule has 0 unspecified atom stereocenters. The molecule has 8 N–H and O–H groups in total. The Labute approximate surface area is 388 Å². The quantitative estimate of drug-likeness (QED) is 0.0330. The highest BCUT2D eigenvalue weighted by Gasteiger charge is 2.34. The summed E-state index contributed by atoms with van der Waals surface area (Å²) >= 11 is 0. The summed E-state index contributed by atoms with van der Waals surface area (Å²) < 4.78 is 6.62. The van der Waals surface area contributed by atoms with Crippen LogP contribution in [0.25, 0.3) is 5.69 Å². The Morgan fingerprint density at radius 3 is 2.04 bits per heavy atom. The number of nitro benzene ring substituents is 3. The molecule has 0 spiro atoms. The average Bonchev–Trinajstić information content (AvgIpc) is 3.73. The summed E-state index contributed by atoms with van der Waals surface area (Å²) in [5.74, 6) is -7.11. The number of ether oxygens (including phenoxy) is 1. The Balaban J connectivity index is 1.91. The van der Waals surface area contributed by atoms with E-state index in [1.165, 1.54) is 38.2 Å². The first-order valence-corrected chi connectivity index (χ1v) is 21.2. The van der Waals surface area contributed by atoms with Gasteiger partial charge in [-0.2, -0.15) is 0 Å². The molecule has 0 aliphatic carbocycles.